The van der Waals surface area contributed by atoms with E-state index < -0.39 is 5.97 Å². The average molecular weight is 273 g/mol. The van der Waals surface area contributed by atoms with Crippen LogP contribution in [0.5, 0.6) is 11.5 Å². The molecule has 0 spiro atoms. The third kappa shape index (κ3) is 2.88. The first-order valence-electron chi connectivity index (χ1n) is 5.96. The summed E-state index contributed by atoms with van der Waals surface area (Å²) in [6.45, 7) is 0. The molecule has 0 aliphatic carbocycles. The lowest BCUT2D eigenvalue weighted by Crippen LogP contribution is -2.05. The van der Waals surface area contributed by atoms with Gasteiger partial charge in [0, 0.05) is 17.7 Å². The Kier molecular flexibility index (Phi) is 4.20. The summed E-state index contributed by atoms with van der Waals surface area (Å²) in [6, 6.07) is 10.7. The number of carbonyl (C=O) groups is 1. The minimum Gasteiger partial charge on any atom is -0.497 e. The number of nitrogens with zero attached hydrogens (tertiary/aromatic N) is 1. The Hall–Kier alpha value is -2.56. The highest BCUT2D eigenvalue weighted by atomic mass is 16.5. The van der Waals surface area contributed by atoms with E-state index in [1.54, 1.807) is 13.2 Å². The molecule has 0 aliphatic heterocycles. The van der Waals surface area contributed by atoms with Gasteiger partial charge >= 0.3 is 5.97 Å². The lowest BCUT2D eigenvalue weighted by atomic mass is 10.1. The molecule has 0 aliphatic rings. The van der Waals surface area contributed by atoms with Crippen LogP contribution in [0, 0.1) is 0 Å². The zero-order chi connectivity index (χ0) is 14.5. The number of aromatic nitrogens is 1. The largest absolute Gasteiger partial charge is 0.497 e. The molecule has 5 nitrogen and oxygen atoms in total. The Balaban J connectivity index is 2.51. The smallest absolute Gasteiger partial charge is 0.356 e. The Bertz CT molecular complexity index is 625. The number of ether oxygens (including phenoxy) is 3. The standard InChI is InChI=1S/C15H15NO4/c1-18-11-6-4-5-10(7-11)13-8-12(19-2)9-14(16-13)15(17)20-3/h4-9H,1-3H3. The van der Waals surface area contributed by atoms with Crippen molar-refractivity contribution in [2.45, 2.75) is 0 Å². The molecule has 1 aromatic carbocycles. The Labute approximate surface area is 117 Å². The maximum Gasteiger partial charge on any atom is 0.356 e. The summed E-state index contributed by atoms with van der Waals surface area (Å²) < 4.78 is 15.1. The van der Waals surface area contributed by atoms with Crippen LogP contribution >= 0.6 is 0 Å². The molecule has 104 valence electrons. The molecule has 0 atom stereocenters. The third-order valence-corrected chi connectivity index (χ3v) is 2.79. The molecular formula is C15H15NO4. The van der Waals surface area contributed by atoms with Crippen molar-refractivity contribution in [2.24, 2.45) is 0 Å². The van der Waals surface area contributed by atoms with Crippen molar-refractivity contribution in [2.75, 3.05) is 21.3 Å². The molecule has 0 radical (unpaired) electrons. The van der Waals surface area contributed by atoms with E-state index in [0.29, 0.717) is 17.2 Å². The fraction of sp³-hybridized carbons (Fsp3) is 0.200. The zero-order valence-electron chi connectivity index (χ0n) is 11.5. The van der Waals surface area contributed by atoms with E-state index in [1.165, 1.54) is 20.3 Å². The molecule has 0 unspecified atom stereocenters. The fourth-order valence-electron chi connectivity index (χ4n) is 1.76. The van der Waals surface area contributed by atoms with Gasteiger partial charge < -0.3 is 14.2 Å². The van der Waals surface area contributed by atoms with Gasteiger partial charge in [-0.05, 0) is 12.1 Å². The fourth-order valence-corrected chi connectivity index (χ4v) is 1.76. The van der Waals surface area contributed by atoms with Crippen LogP contribution in [0.15, 0.2) is 36.4 Å². The van der Waals surface area contributed by atoms with Gasteiger partial charge in [0.15, 0.2) is 5.69 Å². The first-order chi connectivity index (χ1) is 9.67. The summed E-state index contributed by atoms with van der Waals surface area (Å²) >= 11 is 0. The number of hydrogen-bond donors (Lipinski definition) is 0. The highest BCUT2D eigenvalue weighted by Crippen LogP contribution is 2.26. The Morgan fingerprint density at radius 3 is 2.40 bits per heavy atom. The van der Waals surface area contributed by atoms with Crippen molar-refractivity contribution in [3.05, 3.63) is 42.1 Å². The van der Waals surface area contributed by atoms with Crippen LogP contribution in [-0.4, -0.2) is 32.3 Å². The summed E-state index contributed by atoms with van der Waals surface area (Å²) in [6.07, 6.45) is 0. The summed E-state index contributed by atoms with van der Waals surface area (Å²) in [7, 11) is 4.44. The monoisotopic (exact) mass is 273 g/mol. The van der Waals surface area contributed by atoms with Gasteiger partial charge in [0.05, 0.1) is 27.0 Å². The van der Waals surface area contributed by atoms with Crippen molar-refractivity contribution >= 4 is 5.97 Å². The number of methoxy groups -OCH3 is 3. The number of pyridine rings is 1. The van der Waals surface area contributed by atoms with Gasteiger partial charge in [0.1, 0.15) is 11.5 Å². The second-order valence-corrected chi connectivity index (χ2v) is 4.00. The van der Waals surface area contributed by atoms with Crippen molar-refractivity contribution in [3.8, 4) is 22.8 Å². The minimum atomic E-state index is -0.506. The highest BCUT2D eigenvalue weighted by Gasteiger charge is 2.12. The van der Waals surface area contributed by atoms with Crippen LogP contribution < -0.4 is 9.47 Å². The van der Waals surface area contributed by atoms with Crippen molar-refractivity contribution < 1.29 is 19.0 Å². The molecule has 0 fully saturated rings. The van der Waals surface area contributed by atoms with Crippen molar-refractivity contribution in [1.29, 1.82) is 0 Å². The van der Waals surface area contributed by atoms with Crippen LogP contribution in [-0.2, 0) is 4.74 Å². The molecule has 20 heavy (non-hydrogen) atoms. The molecule has 2 aromatic rings. The van der Waals surface area contributed by atoms with E-state index in [0.717, 1.165) is 5.56 Å². The highest BCUT2D eigenvalue weighted by molar-refractivity contribution is 5.88. The van der Waals surface area contributed by atoms with E-state index in [1.807, 2.05) is 24.3 Å². The van der Waals surface area contributed by atoms with Gasteiger partial charge in [0.2, 0.25) is 0 Å². The van der Waals surface area contributed by atoms with Gasteiger partial charge in [0.25, 0.3) is 0 Å². The number of benzene rings is 1. The number of hydrogen-bond acceptors (Lipinski definition) is 5. The topological polar surface area (TPSA) is 57.7 Å². The molecule has 0 N–H and O–H groups in total. The van der Waals surface area contributed by atoms with Gasteiger partial charge in [-0.1, -0.05) is 12.1 Å². The van der Waals surface area contributed by atoms with Crippen LogP contribution in [0.2, 0.25) is 0 Å². The van der Waals surface area contributed by atoms with Gasteiger partial charge in [-0.2, -0.15) is 0 Å². The lowest BCUT2D eigenvalue weighted by Gasteiger charge is -2.08. The first-order valence-corrected chi connectivity index (χ1v) is 5.96. The summed E-state index contributed by atoms with van der Waals surface area (Å²) in [5.41, 5.74) is 1.64. The van der Waals surface area contributed by atoms with Crippen LogP contribution in [0.3, 0.4) is 0 Å². The first kappa shape index (κ1) is 13.9. The lowest BCUT2D eigenvalue weighted by molar-refractivity contribution is 0.0593. The van der Waals surface area contributed by atoms with Gasteiger partial charge in [-0.25, -0.2) is 9.78 Å². The van der Waals surface area contributed by atoms with Crippen LogP contribution in [0.4, 0.5) is 0 Å². The van der Waals surface area contributed by atoms with Crippen molar-refractivity contribution in [3.63, 3.8) is 0 Å². The SMILES string of the molecule is COC(=O)c1cc(OC)cc(-c2cccc(OC)c2)n1. The van der Waals surface area contributed by atoms with E-state index >= 15 is 0 Å². The summed E-state index contributed by atoms with van der Waals surface area (Å²) in [4.78, 5) is 15.9. The molecule has 5 heteroatoms. The van der Waals surface area contributed by atoms with Gasteiger partial charge in [-0.15, -0.1) is 0 Å². The molecule has 2 rings (SSSR count). The number of rotatable bonds is 4. The average Bonchev–Trinajstić information content (AvgIpc) is 2.53. The maximum absolute atomic E-state index is 11.6. The predicted octanol–water partition coefficient (Wildman–Crippen LogP) is 2.55. The minimum absolute atomic E-state index is 0.199. The Morgan fingerprint density at radius 1 is 1.00 bits per heavy atom. The summed E-state index contributed by atoms with van der Waals surface area (Å²) in [5.74, 6) is 0.748. The predicted molar refractivity (Wildman–Crippen MR) is 74.1 cm³/mol. The molecule has 0 saturated heterocycles. The maximum atomic E-state index is 11.6. The Morgan fingerprint density at radius 2 is 1.75 bits per heavy atom. The molecule has 1 aromatic heterocycles. The van der Waals surface area contributed by atoms with E-state index in [2.05, 4.69) is 9.72 Å². The van der Waals surface area contributed by atoms with E-state index in [4.69, 9.17) is 9.47 Å². The van der Waals surface area contributed by atoms with E-state index in [-0.39, 0.29) is 5.69 Å². The molecule has 0 saturated carbocycles. The van der Waals surface area contributed by atoms with Crippen LogP contribution in [0.25, 0.3) is 11.3 Å². The van der Waals surface area contributed by atoms with Gasteiger partial charge in [-0.3, -0.25) is 0 Å². The quantitative estimate of drug-likeness (QED) is 0.801. The number of carbonyl (C=O) groups excluding carboxylic acids is 1. The van der Waals surface area contributed by atoms with E-state index in [9.17, 15) is 4.79 Å². The molecule has 0 bridgehead atoms. The molecular weight excluding hydrogens is 258 g/mol. The van der Waals surface area contributed by atoms with Crippen molar-refractivity contribution in [1.82, 2.24) is 4.98 Å². The second kappa shape index (κ2) is 6.06. The second-order valence-electron chi connectivity index (χ2n) is 4.00. The molecule has 1 heterocycles. The third-order valence-electron chi connectivity index (χ3n) is 2.79. The molecule has 0 amide bonds. The normalized spacial score (nSPS) is 9.95. The number of esters is 1. The summed E-state index contributed by atoms with van der Waals surface area (Å²) in [5, 5.41) is 0. The zero-order valence-corrected chi connectivity index (χ0v) is 11.5. The van der Waals surface area contributed by atoms with Crippen LogP contribution in [0.1, 0.15) is 10.5 Å².